The molecule has 0 aliphatic rings. The van der Waals surface area contributed by atoms with Gasteiger partial charge in [-0.3, -0.25) is 4.79 Å². The van der Waals surface area contributed by atoms with Gasteiger partial charge in [0, 0.05) is 0 Å². The van der Waals surface area contributed by atoms with E-state index in [1.165, 1.54) is 0 Å². The van der Waals surface area contributed by atoms with E-state index < -0.39 is 0 Å². The topological polar surface area (TPSA) is 54.9 Å². The van der Waals surface area contributed by atoms with Crippen molar-refractivity contribution in [2.45, 2.75) is 6.92 Å². The van der Waals surface area contributed by atoms with Crippen LogP contribution in [-0.4, -0.2) is 16.1 Å². The Labute approximate surface area is 104 Å². The number of amides is 1. The van der Waals surface area contributed by atoms with Crippen molar-refractivity contribution < 1.29 is 4.79 Å². The molecule has 1 amide bonds. The van der Waals surface area contributed by atoms with E-state index in [0.29, 0.717) is 10.7 Å². The number of carbonyl (C=O) groups excluding carboxylic acids is 1. The number of aryl methyl sites for hydroxylation is 1. The van der Waals surface area contributed by atoms with E-state index in [4.69, 9.17) is 11.6 Å². The Hall–Kier alpha value is -1.94. The Balaban J connectivity index is 2.17. The van der Waals surface area contributed by atoms with Crippen LogP contribution >= 0.6 is 11.6 Å². The minimum absolute atomic E-state index is 0.260. The van der Waals surface area contributed by atoms with Crippen LogP contribution < -0.4 is 5.32 Å². The third kappa shape index (κ3) is 2.79. The predicted octanol–water partition coefficient (Wildman–Crippen LogP) is 2.69. The molecule has 0 spiro atoms. The lowest BCUT2D eigenvalue weighted by Crippen LogP contribution is -2.14. The van der Waals surface area contributed by atoms with Crippen LogP contribution in [0.3, 0.4) is 0 Å². The molecule has 0 aliphatic heterocycles. The van der Waals surface area contributed by atoms with Crippen LogP contribution in [0.4, 0.5) is 5.69 Å². The molecular formula is C12H10ClN3O. The number of benzene rings is 1. The Morgan fingerprint density at radius 2 is 1.94 bits per heavy atom. The average molecular weight is 248 g/mol. The first kappa shape index (κ1) is 11.5. The molecule has 0 saturated heterocycles. The summed E-state index contributed by atoms with van der Waals surface area (Å²) in [7, 11) is 0. The fraction of sp³-hybridized carbons (Fsp3) is 0.0833. The van der Waals surface area contributed by atoms with E-state index in [1.807, 2.05) is 6.92 Å². The summed E-state index contributed by atoms with van der Waals surface area (Å²) in [5.41, 5.74) is 1.58. The quantitative estimate of drug-likeness (QED) is 0.888. The zero-order chi connectivity index (χ0) is 12.3. The van der Waals surface area contributed by atoms with Crippen molar-refractivity contribution in [2.24, 2.45) is 0 Å². The Morgan fingerprint density at radius 3 is 2.59 bits per heavy atom. The highest BCUT2D eigenvalue weighted by Gasteiger charge is 2.09. The van der Waals surface area contributed by atoms with Crippen LogP contribution in [0.1, 0.15) is 16.2 Å². The number of anilines is 1. The molecule has 1 N–H and O–H groups in total. The molecule has 1 heterocycles. The molecule has 4 nitrogen and oxygen atoms in total. The second kappa shape index (κ2) is 4.93. The zero-order valence-electron chi connectivity index (χ0n) is 9.14. The zero-order valence-corrected chi connectivity index (χ0v) is 9.90. The molecule has 0 saturated carbocycles. The highest BCUT2D eigenvalue weighted by atomic mass is 35.5. The molecule has 1 aromatic carbocycles. The largest absolute Gasteiger partial charge is 0.319 e. The van der Waals surface area contributed by atoms with Crippen molar-refractivity contribution in [3.63, 3.8) is 0 Å². The number of nitrogens with zero attached hydrogens (tertiary/aromatic N) is 2. The van der Waals surface area contributed by atoms with Crippen LogP contribution in [0, 0.1) is 6.92 Å². The van der Waals surface area contributed by atoms with Gasteiger partial charge in [-0.2, -0.15) is 5.10 Å². The van der Waals surface area contributed by atoms with Gasteiger partial charge in [0.1, 0.15) is 0 Å². The summed E-state index contributed by atoms with van der Waals surface area (Å²) in [4.78, 5) is 11.8. The molecule has 86 valence electrons. The van der Waals surface area contributed by atoms with Crippen LogP contribution in [0.25, 0.3) is 0 Å². The van der Waals surface area contributed by atoms with E-state index in [2.05, 4.69) is 15.5 Å². The molecule has 0 atom stereocenters. The summed E-state index contributed by atoms with van der Waals surface area (Å²) in [6, 6.07) is 10.4. The summed E-state index contributed by atoms with van der Waals surface area (Å²) < 4.78 is 0. The van der Waals surface area contributed by atoms with E-state index in [1.54, 1.807) is 36.4 Å². The standard InChI is InChI=1S/C12H10ClN3O/c1-8-6-7-11(16-15-8)12(17)14-10-5-3-2-4-9(10)13/h2-7H,1H3,(H,14,17). The summed E-state index contributed by atoms with van der Waals surface area (Å²) in [6.07, 6.45) is 0. The SMILES string of the molecule is Cc1ccc(C(=O)Nc2ccccc2Cl)nn1. The first-order valence-corrected chi connectivity index (χ1v) is 5.41. The van der Waals surface area contributed by atoms with Crippen LogP contribution in [0.5, 0.6) is 0 Å². The molecule has 0 fully saturated rings. The molecule has 2 rings (SSSR count). The number of nitrogens with one attached hydrogen (secondary N) is 1. The third-order valence-corrected chi connectivity index (χ3v) is 2.48. The van der Waals surface area contributed by atoms with Crippen LogP contribution in [0.2, 0.25) is 5.02 Å². The molecule has 0 bridgehead atoms. The van der Waals surface area contributed by atoms with Gasteiger partial charge >= 0.3 is 0 Å². The lowest BCUT2D eigenvalue weighted by Gasteiger charge is -2.05. The van der Waals surface area contributed by atoms with E-state index >= 15 is 0 Å². The molecule has 17 heavy (non-hydrogen) atoms. The van der Waals surface area contributed by atoms with Gasteiger partial charge in [0.25, 0.3) is 5.91 Å². The maximum absolute atomic E-state index is 11.8. The van der Waals surface area contributed by atoms with Crippen molar-refractivity contribution in [1.82, 2.24) is 10.2 Å². The van der Waals surface area contributed by atoms with Crippen molar-refractivity contribution in [2.75, 3.05) is 5.32 Å². The van der Waals surface area contributed by atoms with Gasteiger partial charge in [-0.05, 0) is 31.2 Å². The van der Waals surface area contributed by atoms with E-state index in [0.717, 1.165) is 5.69 Å². The predicted molar refractivity (Wildman–Crippen MR) is 66.2 cm³/mol. The number of aromatic nitrogens is 2. The Kier molecular flexibility index (Phi) is 3.35. The first-order valence-electron chi connectivity index (χ1n) is 5.03. The van der Waals surface area contributed by atoms with Gasteiger partial charge in [0.2, 0.25) is 0 Å². The molecule has 0 radical (unpaired) electrons. The normalized spacial score (nSPS) is 10.0. The Morgan fingerprint density at radius 1 is 1.18 bits per heavy atom. The highest BCUT2D eigenvalue weighted by molar-refractivity contribution is 6.33. The minimum atomic E-state index is -0.328. The van der Waals surface area contributed by atoms with Gasteiger partial charge in [-0.1, -0.05) is 23.7 Å². The first-order chi connectivity index (χ1) is 8.16. The molecule has 2 aromatic rings. The minimum Gasteiger partial charge on any atom is -0.319 e. The number of carbonyl (C=O) groups is 1. The van der Waals surface area contributed by atoms with E-state index in [9.17, 15) is 4.79 Å². The molecule has 5 heteroatoms. The van der Waals surface area contributed by atoms with Crippen molar-refractivity contribution in [3.05, 3.63) is 52.8 Å². The fourth-order valence-corrected chi connectivity index (χ4v) is 1.45. The van der Waals surface area contributed by atoms with Gasteiger partial charge in [-0.15, -0.1) is 5.10 Å². The van der Waals surface area contributed by atoms with E-state index in [-0.39, 0.29) is 11.6 Å². The molecule has 0 unspecified atom stereocenters. The Bertz CT molecular complexity index is 540. The molecule has 1 aromatic heterocycles. The second-order valence-electron chi connectivity index (χ2n) is 3.49. The van der Waals surface area contributed by atoms with Crippen molar-refractivity contribution >= 4 is 23.2 Å². The third-order valence-electron chi connectivity index (χ3n) is 2.15. The van der Waals surface area contributed by atoms with Gasteiger partial charge < -0.3 is 5.32 Å². The van der Waals surface area contributed by atoms with Crippen LogP contribution in [-0.2, 0) is 0 Å². The van der Waals surface area contributed by atoms with Gasteiger partial charge in [-0.25, -0.2) is 0 Å². The van der Waals surface area contributed by atoms with Crippen molar-refractivity contribution in [3.8, 4) is 0 Å². The van der Waals surface area contributed by atoms with Crippen molar-refractivity contribution in [1.29, 1.82) is 0 Å². The molecular weight excluding hydrogens is 238 g/mol. The second-order valence-corrected chi connectivity index (χ2v) is 3.90. The summed E-state index contributed by atoms with van der Waals surface area (Å²) in [6.45, 7) is 1.81. The monoisotopic (exact) mass is 247 g/mol. The number of halogens is 1. The maximum atomic E-state index is 11.8. The summed E-state index contributed by atoms with van der Waals surface area (Å²) in [5, 5.41) is 10.8. The number of hydrogen-bond acceptors (Lipinski definition) is 3. The lowest BCUT2D eigenvalue weighted by molar-refractivity contribution is 0.102. The fourth-order valence-electron chi connectivity index (χ4n) is 1.27. The number of rotatable bonds is 2. The smallest absolute Gasteiger partial charge is 0.276 e. The lowest BCUT2D eigenvalue weighted by atomic mass is 10.3. The molecule has 0 aliphatic carbocycles. The average Bonchev–Trinajstić information content (AvgIpc) is 2.33. The maximum Gasteiger partial charge on any atom is 0.276 e. The summed E-state index contributed by atoms with van der Waals surface area (Å²) in [5.74, 6) is -0.328. The number of hydrogen-bond donors (Lipinski definition) is 1. The van der Waals surface area contributed by atoms with Crippen LogP contribution in [0.15, 0.2) is 36.4 Å². The number of para-hydroxylation sites is 1. The summed E-state index contributed by atoms with van der Waals surface area (Å²) >= 11 is 5.93. The van der Waals surface area contributed by atoms with Gasteiger partial charge in [0.15, 0.2) is 5.69 Å². The van der Waals surface area contributed by atoms with Gasteiger partial charge in [0.05, 0.1) is 16.4 Å². The highest BCUT2D eigenvalue weighted by Crippen LogP contribution is 2.20.